The van der Waals surface area contributed by atoms with Crippen molar-refractivity contribution in [3.63, 3.8) is 0 Å². The van der Waals surface area contributed by atoms with Gasteiger partial charge in [-0.25, -0.2) is 4.98 Å². The number of nitrogens with zero attached hydrogens (tertiary/aromatic N) is 3. The van der Waals surface area contributed by atoms with Gasteiger partial charge in [0.1, 0.15) is 5.69 Å². The number of carbonyl (C=O) groups is 1. The minimum atomic E-state index is -0.192. The Morgan fingerprint density at radius 1 is 1.56 bits per heavy atom. The van der Waals surface area contributed by atoms with Crippen molar-refractivity contribution in [1.29, 1.82) is 0 Å². The summed E-state index contributed by atoms with van der Waals surface area (Å²) in [5, 5.41) is 9.79. The molecule has 1 fully saturated rings. The molecular formula is C12H15N5O. The highest BCUT2D eigenvalue weighted by Crippen LogP contribution is 2.45. The number of anilines is 1. The summed E-state index contributed by atoms with van der Waals surface area (Å²) >= 11 is 0. The third-order valence-electron chi connectivity index (χ3n) is 3.43. The summed E-state index contributed by atoms with van der Waals surface area (Å²) in [5.74, 6) is 1.38. The molecule has 18 heavy (non-hydrogen) atoms. The lowest BCUT2D eigenvalue weighted by Crippen LogP contribution is -2.21. The normalized spacial score (nSPS) is 16.6. The van der Waals surface area contributed by atoms with Gasteiger partial charge in [0.25, 0.3) is 0 Å². The lowest BCUT2D eigenvalue weighted by molar-refractivity contribution is -0.120. The van der Waals surface area contributed by atoms with Crippen LogP contribution in [0.2, 0.25) is 0 Å². The molecule has 0 aliphatic heterocycles. The zero-order valence-electron chi connectivity index (χ0n) is 10.4. The van der Waals surface area contributed by atoms with E-state index in [1.807, 2.05) is 24.7 Å². The molecule has 0 saturated heterocycles. The number of imidazole rings is 1. The molecule has 2 aromatic rings. The highest BCUT2D eigenvalue weighted by molar-refractivity contribution is 5.96. The van der Waals surface area contributed by atoms with Gasteiger partial charge >= 0.3 is 0 Å². The largest absolute Gasteiger partial charge is 0.333 e. The number of aromatic nitrogens is 4. The molecule has 0 unspecified atom stereocenters. The molecule has 1 aliphatic carbocycles. The van der Waals surface area contributed by atoms with Gasteiger partial charge in [-0.05, 0) is 12.8 Å². The number of H-pyrrole nitrogens is 1. The van der Waals surface area contributed by atoms with Crippen LogP contribution in [0, 0.1) is 5.41 Å². The number of hydrogen-bond acceptors (Lipinski definition) is 3. The van der Waals surface area contributed by atoms with Crippen LogP contribution in [-0.4, -0.2) is 25.7 Å². The van der Waals surface area contributed by atoms with Crippen molar-refractivity contribution in [2.45, 2.75) is 19.8 Å². The molecule has 1 saturated carbocycles. The predicted molar refractivity (Wildman–Crippen MR) is 66.8 cm³/mol. The van der Waals surface area contributed by atoms with E-state index in [1.165, 1.54) is 0 Å². The molecule has 2 heterocycles. The molecular weight excluding hydrogens is 230 g/mol. The average molecular weight is 245 g/mol. The first-order valence-corrected chi connectivity index (χ1v) is 5.93. The monoisotopic (exact) mass is 245 g/mol. The van der Waals surface area contributed by atoms with Crippen molar-refractivity contribution in [1.82, 2.24) is 19.7 Å². The van der Waals surface area contributed by atoms with Crippen molar-refractivity contribution in [3.8, 4) is 11.5 Å². The van der Waals surface area contributed by atoms with Gasteiger partial charge in [0.15, 0.2) is 11.6 Å². The quantitative estimate of drug-likeness (QED) is 0.861. The highest BCUT2D eigenvalue weighted by Gasteiger charge is 2.45. The maximum atomic E-state index is 11.9. The van der Waals surface area contributed by atoms with E-state index in [2.05, 4.69) is 20.5 Å². The first-order valence-electron chi connectivity index (χ1n) is 5.93. The van der Waals surface area contributed by atoms with Crippen LogP contribution in [0.15, 0.2) is 18.5 Å². The van der Waals surface area contributed by atoms with Gasteiger partial charge < -0.3 is 9.88 Å². The standard InChI is InChI=1S/C12H15N5O/c1-12(3-4-12)11(18)14-9-7-8(15-16-9)10-13-5-6-17(10)2/h5-7H,3-4H2,1-2H3,(H2,14,15,16,18). The van der Waals surface area contributed by atoms with E-state index in [0.29, 0.717) is 5.82 Å². The fourth-order valence-electron chi connectivity index (χ4n) is 1.81. The summed E-state index contributed by atoms with van der Waals surface area (Å²) in [6.07, 6.45) is 5.49. The Balaban J connectivity index is 1.78. The molecule has 2 N–H and O–H groups in total. The van der Waals surface area contributed by atoms with Crippen LogP contribution in [0.1, 0.15) is 19.8 Å². The fourth-order valence-corrected chi connectivity index (χ4v) is 1.81. The second-order valence-corrected chi connectivity index (χ2v) is 5.04. The summed E-state index contributed by atoms with van der Waals surface area (Å²) in [4.78, 5) is 16.1. The summed E-state index contributed by atoms with van der Waals surface area (Å²) in [6, 6.07) is 1.80. The molecule has 6 nitrogen and oxygen atoms in total. The SMILES string of the molecule is Cn1ccnc1-c1cc(NC(=O)C2(C)CC2)n[nH]1. The Labute approximate surface area is 104 Å². The number of amides is 1. The first-order chi connectivity index (χ1) is 8.58. The van der Waals surface area contributed by atoms with Gasteiger partial charge in [-0.3, -0.25) is 9.89 Å². The topological polar surface area (TPSA) is 75.6 Å². The molecule has 1 aliphatic rings. The van der Waals surface area contributed by atoms with E-state index < -0.39 is 0 Å². The number of aromatic amines is 1. The summed E-state index contributed by atoms with van der Waals surface area (Å²) in [7, 11) is 1.91. The number of nitrogens with one attached hydrogen (secondary N) is 2. The minimum absolute atomic E-state index is 0.0420. The Morgan fingerprint density at radius 3 is 2.94 bits per heavy atom. The van der Waals surface area contributed by atoms with Gasteiger partial charge in [-0.2, -0.15) is 5.10 Å². The van der Waals surface area contributed by atoms with Crippen LogP contribution >= 0.6 is 0 Å². The van der Waals surface area contributed by atoms with E-state index in [1.54, 1.807) is 12.3 Å². The summed E-state index contributed by atoms with van der Waals surface area (Å²) < 4.78 is 1.89. The van der Waals surface area contributed by atoms with Crippen LogP contribution in [0.3, 0.4) is 0 Å². The zero-order valence-corrected chi connectivity index (χ0v) is 10.4. The van der Waals surface area contributed by atoms with Crippen LogP contribution in [0.4, 0.5) is 5.82 Å². The van der Waals surface area contributed by atoms with Gasteiger partial charge in [-0.1, -0.05) is 6.92 Å². The van der Waals surface area contributed by atoms with Gasteiger partial charge in [-0.15, -0.1) is 0 Å². The third kappa shape index (κ3) is 1.79. The number of hydrogen-bond donors (Lipinski definition) is 2. The maximum absolute atomic E-state index is 11.9. The molecule has 3 rings (SSSR count). The lowest BCUT2D eigenvalue weighted by Gasteiger charge is -2.06. The van der Waals surface area contributed by atoms with Crippen molar-refractivity contribution >= 4 is 11.7 Å². The Hall–Kier alpha value is -2.11. The second-order valence-electron chi connectivity index (χ2n) is 5.04. The van der Waals surface area contributed by atoms with Crippen LogP contribution in [0.25, 0.3) is 11.5 Å². The maximum Gasteiger partial charge on any atom is 0.231 e. The van der Waals surface area contributed by atoms with Gasteiger partial charge in [0.05, 0.1) is 0 Å². The molecule has 0 atom stereocenters. The predicted octanol–water partition coefficient (Wildman–Crippen LogP) is 1.55. The zero-order chi connectivity index (χ0) is 12.8. The molecule has 0 spiro atoms. The second kappa shape index (κ2) is 3.69. The van der Waals surface area contributed by atoms with Crippen molar-refractivity contribution < 1.29 is 4.79 Å². The third-order valence-corrected chi connectivity index (χ3v) is 3.43. The Morgan fingerprint density at radius 2 is 2.33 bits per heavy atom. The van der Waals surface area contributed by atoms with E-state index in [4.69, 9.17) is 0 Å². The van der Waals surface area contributed by atoms with Crippen molar-refractivity contribution in [3.05, 3.63) is 18.5 Å². The lowest BCUT2D eigenvalue weighted by atomic mass is 10.1. The van der Waals surface area contributed by atoms with Crippen LogP contribution < -0.4 is 5.32 Å². The van der Waals surface area contributed by atoms with E-state index >= 15 is 0 Å². The van der Waals surface area contributed by atoms with E-state index in [9.17, 15) is 4.79 Å². The first kappa shape index (κ1) is 11.0. The molecule has 94 valence electrons. The smallest absolute Gasteiger partial charge is 0.231 e. The fraction of sp³-hybridized carbons (Fsp3) is 0.417. The van der Waals surface area contributed by atoms with Crippen LogP contribution in [-0.2, 0) is 11.8 Å². The number of carbonyl (C=O) groups excluding carboxylic acids is 1. The number of aryl methyl sites for hydroxylation is 1. The molecule has 0 radical (unpaired) electrons. The molecule has 0 aromatic carbocycles. The Kier molecular flexibility index (Phi) is 2.26. The summed E-state index contributed by atoms with van der Waals surface area (Å²) in [6.45, 7) is 1.97. The molecule has 2 aromatic heterocycles. The molecule has 6 heteroatoms. The minimum Gasteiger partial charge on any atom is -0.333 e. The van der Waals surface area contributed by atoms with Crippen molar-refractivity contribution in [2.75, 3.05) is 5.32 Å². The van der Waals surface area contributed by atoms with Gasteiger partial charge in [0, 0.05) is 30.9 Å². The molecule has 1 amide bonds. The average Bonchev–Trinajstić information content (AvgIpc) is 2.76. The van der Waals surface area contributed by atoms with Gasteiger partial charge in [0.2, 0.25) is 5.91 Å². The van der Waals surface area contributed by atoms with E-state index in [-0.39, 0.29) is 11.3 Å². The Bertz CT molecular complexity index is 593. The van der Waals surface area contributed by atoms with Crippen molar-refractivity contribution in [2.24, 2.45) is 12.5 Å². The van der Waals surface area contributed by atoms with Crippen LogP contribution in [0.5, 0.6) is 0 Å². The number of rotatable bonds is 3. The summed E-state index contributed by atoms with van der Waals surface area (Å²) in [5.41, 5.74) is 0.598. The highest BCUT2D eigenvalue weighted by atomic mass is 16.2. The molecule has 0 bridgehead atoms. The van der Waals surface area contributed by atoms with E-state index in [0.717, 1.165) is 24.4 Å².